The van der Waals surface area contributed by atoms with Crippen molar-refractivity contribution in [1.82, 2.24) is 5.32 Å². The SMILES string of the molecule is CC(C)(CO)C(N)=CC(=O)NC(=O)[C@@H]1CCC(=O)N1c1ccc(Cl)cc1. The molecule has 0 radical (unpaired) electrons. The lowest BCUT2D eigenvalue weighted by atomic mass is 9.90. The highest BCUT2D eigenvalue weighted by Crippen LogP contribution is 2.28. The minimum Gasteiger partial charge on any atom is -0.401 e. The fraction of sp³-hybridized carbons (Fsp3) is 0.389. The summed E-state index contributed by atoms with van der Waals surface area (Å²) >= 11 is 5.86. The molecule has 7 nitrogen and oxygen atoms in total. The zero-order valence-corrected chi connectivity index (χ0v) is 15.4. The van der Waals surface area contributed by atoms with Gasteiger partial charge in [0.1, 0.15) is 6.04 Å². The van der Waals surface area contributed by atoms with Crippen molar-refractivity contribution in [2.24, 2.45) is 11.1 Å². The van der Waals surface area contributed by atoms with Gasteiger partial charge in [-0.05, 0) is 30.7 Å². The number of hydrogen-bond donors (Lipinski definition) is 3. The number of hydrogen-bond acceptors (Lipinski definition) is 5. The Kier molecular flexibility index (Phi) is 6.05. The van der Waals surface area contributed by atoms with E-state index in [1.165, 1.54) is 4.90 Å². The summed E-state index contributed by atoms with van der Waals surface area (Å²) in [5.74, 6) is -1.47. The van der Waals surface area contributed by atoms with E-state index in [1.54, 1.807) is 38.1 Å². The van der Waals surface area contributed by atoms with Crippen LogP contribution in [0, 0.1) is 5.41 Å². The van der Waals surface area contributed by atoms with Crippen LogP contribution in [-0.2, 0) is 14.4 Å². The summed E-state index contributed by atoms with van der Waals surface area (Å²) in [6.45, 7) is 3.11. The van der Waals surface area contributed by atoms with Crippen LogP contribution in [0.5, 0.6) is 0 Å². The Morgan fingerprint density at radius 3 is 2.58 bits per heavy atom. The van der Waals surface area contributed by atoms with E-state index in [4.69, 9.17) is 17.3 Å². The van der Waals surface area contributed by atoms with Gasteiger partial charge >= 0.3 is 0 Å². The number of carbonyl (C=O) groups excluding carboxylic acids is 3. The van der Waals surface area contributed by atoms with Crippen molar-refractivity contribution in [3.63, 3.8) is 0 Å². The maximum absolute atomic E-state index is 12.5. The van der Waals surface area contributed by atoms with Crippen LogP contribution in [-0.4, -0.2) is 35.5 Å². The highest BCUT2D eigenvalue weighted by Gasteiger charge is 2.37. The van der Waals surface area contributed by atoms with Gasteiger partial charge in [-0.3, -0.25) is 24.6 Å². The van der Waals surface area contributed by atoms with Gasteiger partial charge in [0.05, 0.1) is 6.61 Å². The highest BCUT2D eigenvalue weighted by atomic mass is 35.5. The predicted molar refractivity (Wildman–Crippen MR) is 98.2 cm³/mol. The Morgan fingerprint density at radius 1 is 1.38 bits per heavy atom. The molecule has 1 heterocycles. The number of carbonyl (C=O) groups is 3. The van der Waals surface area contributed by atoms with Crippen LogP contribution in [0.3, 0.4) is 0 Å². The van der Waals surface area contributed by atoms with E-state index in [0.717, 1.165) is 6.08 Å². The number of rotatable bonds is 5. The second-order valence-corrected chi connectivity index (χ2v) is 7.23. The topological polar surface area (TPSA) is 113 Å². The maximum Gasteiger partial charge on any atom is 0.252 e. The number of nitrogens with zero attached hydrogens (tertiary/aromatic N) is 1. The number of anilines is 1. The summed E-state index contributed by atoms with van der Waals surface area (Å²) in [5, 5.41) is 12.0. The fourth-order valence-electron chi connectivity index (χ4n) is 2.53. The Hall–Kier alpha value is -2.38. The average Bonchev–Trinajstić information content (AvgIpc) is 2.97. The van der Waals surface area contributed by atoms with Crippen LogP contribution in [0.25, 0.3) is 0 Å². The van der Waals surface area contributed by atoms with Crippen LogP contribution >= 0.6 is 11.6 Å². The molecule has 4 N–H and O–H groups in total. The van der Waals surface area contributed by atoms with Crippen molar-refractivity contribution < 1.29 is 19.5 Å². The first-order valence-corrected chi connectivity index (χ1v) is 8.54. The molecule has 1 saturated heterocycles. The van der Waals surface area contributed by atoms with Gasteiger partial charge in [0.2, 0.25) is 11.8 Å². The number of nitrogens with two attached hydrogens (primary N) is 1. The Balaban J connectivity index is 2.13. The summed E-state index contributed by atoms with van der Waals surface area (Å²) in [6, 6.07) is 5.77. The minimum absolute atomic E-state index is 0.155. The van der Waals surface area contributed by atoms with Crippen molar-refractivity contribution in [3.8, 4) is 0 Å². The Labute approximate surface area is 156 Å². The van der Waals surface area contributed by atoms with E-state index in [1.807, 2.05) is 0 Å². The maximum atomic E-state index is 12.5. The van der Waals surface area contributed by atoms with Crippen LogP contribution < -0.4 is 16.0 Å². The van der Waals surface area contributed by atoms with Crippen molar-refractivity contribution in [2.45, 2.75) is 32.7 Å². The molecule has 1 aromatic rings. The third-order valence-electron chi connectivity index (χ3n) is 4.33. The monoisotopic (exact) mass is 379 g/mol. The Morgan fingerprint density at radius 2 is 2.00 bits per heavy atom. The number of aliphatic hydroxyl groups excluding tert-OH is 1. The summed E-state index contributed by atoms with van der Waals surface area (Å²) in [6.07, 6.45) is 1.60. The van der Waals surface area contributed by atoms with Gasteiger partial charge in [-0.25, -0.2) is 0 Å². The molecule has 1 atom stereocenters. The molecule has 0 aromatic heterocycles. The molecule has 1 fully saturated rings. The first-order valence-electron chi connectivity index (χ1n) is 8.16. The molecule has 1 aromatic carbocycles. The fourth-order valence-corrected chi connectivity index (χ4v) is 2.65. The van der Waals surface area contributed by atoms with Gasteiger partial charge in [0.15, 0.2) is 0 Å². The van der Waals surface area contributed by atoms with Crippen LogP contribution in [0.15, 0.2) is 36.0 Å². The Bertz CT molecular complexity index is 743. The molecule has 0 spiro atoms. The third kappa shape index (κ3) is 4.42. The standard InChI is InChI=1S/C18H22ClN3O4/c1-18(2,10-23)14(20)9-15(24)21-17(26)13-7-8-16(25)22(13)12-5-3-11(19)4-6-12/h3-6,9,13,23H,7-8,10,20H2,1-2H3,(H,21,24,26)/t13-/m0/s1. The van der Waals surface area contributed by atoms with Gasteiger partial charge in [0, 0.05) is 34.3 Å². The number of benzene rings is 1. The lowest BCUT2D eigenvalue weighted by Gasteiger charge is -2.24. The quantitative estimate of drug-likeness (QED) is 0.668. The van der Waals surface area contributed by atoms with E-state index in [0.29, 0.717) is 17.1 Å². The number of nitrogens with one attached hydrogen (secondary N) is 1. The predicted octanol–water partition coefficient (Wildman–Crippen LogP) is 1.34. The lowest BCUT2D eigenvalue weighted by Crippen LogP contribution is -2.46. The summed E-state index contributed by atoms with van der Waals surface area (Å²) in [4.78, 5) is 38.1. The smallest absolute Gasteiger partial charge is 0.252 e. The molecule has 0 unspecified atom stereocenters. The molecule has 1 aliphatic rings. The van der Waals surface area contributed by atoms with Gasteiger partial charge in [-0.1, -0.05) is 25.4 Å². The van der Waals surface area contributed by atoms with Crippen LogP contribution in [0.1, 0.15) is 26.7 Å². The number of amides is 3. The van der Waals surface area contributed by atoms with Crippen molar-refractivity contribution in [1.29, 1.82) is 0 Å². The highest BCUT2D eigenvalue weighted by molar-refractivity contribution is 6.30. The number of aliphatic hydroxyl groups is 1. The summed E-state index contributed by atoms with van der Waals surface area (Å²) < 4.78 is 0. The van der Waals surface area contributed by atoms with Gasteiger partial charge in [0.25, 0.3) is 5.91 Å². The molecular weight excluding hydrogens is 358 g/mol. The first-order chi connectivity index (χ1) is 12.2. The van der Waals surface area contributed by atoms with E-state index in [2.05, 4.69) is 5.32 Å². The molecule has 26 heavy (non-hydrogen) atoms. The van der Waals surface area contributed by atoms with E-state index < -0.39 is 23.3 Å². The molecular formula is C18H22ClN3O4. The van der Waals surface area contributed by atoms with Crippen molar-refractivity contribution >= 4 is 35.0 Å². The van der Waals surface area contributed by atoms with Gasteiger partial charge < -0.3 is 10.8 Å². The first kappa shape index (κ1) is 19.9. The average molecular weight is 380 g/mol. The molecule has 3 amide bonds. The van der Waals surface area contributed by atoms with Gasteiger partial charge in [-0.15, -0.1) is 0 Å². The van der Waals surface area contributed by atoms with Crippen LogP contribution in [0.2, 0.25) is 5.02 Å². The molecule has 0 saturated carbocycles. The third-order valence-corrected chi connectivity index (χ3v) is 4.58. The number of imide groups is 1. The van der Waals surface area contributed by atoms with Gasteiger partial charge in [-0.2, -0.15) is 0 Å². The summed E-state index contributed by atoms with van der Waals surface area (Å²) in [7, 11) is 0. The largest absolute Gasteiger partial charge is 0.401 e. The molecule has 2 rings (SSSR count). The van der Waals surface area contributed by atoms with Crippen molar-refractivity contribution in [3.05, 3.63) is 41.1 Å². The second kappa shape index (κ2) is 7.88. The minimum atomic E-state index is -0.784. The molecule has 8 heteroatoms. The van der Waals surface area contributed by atoms with E-state index in [9.17, 15) is 19.5 Å². The molecule has 0 aliphatic carbocycles. The van der Waals surface area contributed by atoms with Crippen LogP contribution in [0.4, 0.5) is 5.69 Å². The summed E-state index contributed by atoms with van der Waals surface area (Å²) in [5.41, 5.74) is 5.72. The normalized spacial score (nSPS) is 18.2. The molecule has 0 bridgehead atoms. The lowest BCUT2D eigenvalue weighted by molar-refractivity contribution is -0.129. The van der Waals surface area contributed by atoms with E-state index >= 15 is 0 Å². The zero-order valence-electron chi connectivity index (χ0n) is 14.7. The van der Waals surface area contributed by atoms with E-state index in [-0.39, 0.29) is 24.6 Å². The second-order valence-electron chi connectivity index (χ2n) is 6.79. The molecule has 140 valence electrons. The molecule has 1 aliphatic heterocycles. The number of halogens is 1. The zero-order chi connectivity index (χ0) is 19.5. The van der Waals surface area contributed by atoms with Crippen molar-refractivity contribution in [2.75, 3.05) is 11.5 Å².